The molecule has 0 bridgehead atoms. The molecule has 0 aromatic rings. The fourth-order valence-electron chi connectivity index (χ4n) is 3.77. The Labute approximate surface area is 167 Å². The van der Waals surface area contributed by atoms with E-state index in [0.717, 1.165) is 0 Å². The normalized spacial score (nSPS) is 42.2. The van der Waals surface area contributed by atoms with Crippen molar-refractivity contribution in [1.29, 1.82) is 0 Å². The molecule has 2 saturated heterocycles. The molecule has 0 aromatic heterocycles. The molecule has 4 aliphatic rings. The van der Waals surface area contributed by atoms with E-state index >= 15 is 4.39 Å². The number of ether oxygens (including phenoxy) is 2. The summed E-state index contributed by atoms with van der Waals surface area (Å²) in [5.74, 6) is 0.271. The average Bonchev–Trinajstić information content (AvgIpc) is 3.13. The molecule has 0 saturated carbocycles. The molecule has 4 aliphatic heterocycles. The van der Waals surface area contributed by atoms with Crippen LogP contribution in [0.25, 0.3) is 0 Å². The van der Waals surface area contributed by atoms with Crippen LogP contribution in [-0.2, 0) is 27.6 Å². The van der Waals surface area contributed by atoms with E-state index in [0.29, 0.717) is 12.3 Å². The van der Waals surface area contributed by atoms with Crippen molar-refractivity contribution >= 4 is 25.4 Å². The number of halogens is 1. The number of phosphoric acid groups is 1. The number of rotatable bonds is 4. The lowest BCUT2D eigenvalue weighted by atomic mass is 9.97. The van der Waals surface area contributed by atoms with Crippen molar-refractivity contribution in [3.63, 3.8) is 0 Å². The van der Waals surface area contributed by atoms with Gasteiger partial charge in [0.15, 0.2) is 18.1 Å². The molecule has 2 N–H and O–H groups in total. The Morgan fingerprint density at radius 2 is 2.24 bits per heavy atom. The molecule has 0 spiro atoms. The van der Waals surface area contributed by atoms with Gasteiger partial charge >= 0.3 is 7.82 Å². The molecular formula is C16H25FN5O6P. The molecule has 11 nitrogen and oxygen atoms in total. The zero-order chi connectivity index (χ0) is 21.0. The van der Waals surface area contributed by atoms with Crippen molar-refractivity contribution in [3.8, 4) is 0 Å². The number of hydrogen-bond donors (Lipinski definition) is 1. The van der Waals surface area contributed by atoms with Gasteiger partial charge in [0.05, 0.1) is 26.0 Å². The highest BCUT2D eigenvalue weighted by molar-refractivity contribution is 7.48. The lowest BCUT2D eigenvalue weighted by Crippen LogP contribution is -2.55. The number of alkyl halides is 1. The number of guanidine groups is 1. The van der Waals surface area contributed by atoms with E-state index in [1.807, 2.05) is 6.92 Å². The second-order valence-corrected chi connectivity index (χ2v) is 9.09. The lowest BCUT2D eigenvalue weighted by molar-refractivity contribution is -0.108. The summed E-state index contributed by atoms with van der Waals surface area (Å²) in [7, 11) is -3.89. The molecule has 29 heavy (non-hydrogen) atoms. The highest BCUT2D eigenvalue weighted by Crippen LogP contribution is 2.59. The fourth-order valence-corrected chi connectivity index (χ4v) is 5.41. The predicted octanol–water partition coefficient (Wildman–Crippen LogP) is 1.19. The molecule has 2 fully saturated rings. The van der Waals surface area contributed by atoms with Crippen LogP contribution in [0.15, 0.2) is 15.0 Å². The van der Waals surface area contributed by atoms with Crippen LogP contribution in [0.2, 0.25) is 0 Å². The Hall–Kier alpha value is -1.43. The molecule has 0 amide bonds. The van der Waals surface area contributed by atoms with Crippen molar-refractivity contribution in [2.45, 2.75) is 64.1 Å². The molecular weight excluding hydrogens is 408 g/mol. The lowest BCUT2D eigenvalue weighted by Gasteiger charge is -2.36. The van der Waals surface area contributed by atoms with E-state index in [2.05, 4.69) is 15.0 Å². The van der Waals surface area contributed by atoms with Gasteiger partial charge in [0.1, 0.15) is 17.9 Å². The molecule has 1 unspecified atom stereocenters. The van der Waals surface area contributed by atoms with Crippen LogP contribution in [0.1, 0.15) is 27.7 Å². The molecule has 13 heteroatoms. The third-order valence-corrected chi connectivity index (χ3v) is 6.53. The number of hydrogen-bond acceptors (Lipinski definition) is 11. The van der Waals surface area contributed by atoms with Crippen LogP contribution in [0.3, 0.4) is 0 Å². The fraction of sp³-hybridized carbons (Fsp3) is 0.812. The maximum absolute atomic E-state index is 15.9. The minimum Gasteiger partial charge on any atom is -0.477 e. The quantitative estimate of drug-likeness (QED) is 0.655. The molecule has 0 aliphatic carbocycles. The third-order valence-electron chi connectivity index (χ3n) is 4.90. The second kappa shape index (κ2) is 7.36. The molecule has 0 radical (unpaired) electrons. The zero-order valence-corrected chi connectivity index (χ0v) is 17.5. The topological polar surface area (TPSA) is 130 Å². The van der Waals surface area contributed by atoms with E-state index < -0.39 is 44.2 Å². The summed E-state index contributed by atoms with van der Waals surface area (Å²) in [6, 6.07) is 0. The van der Waals surface area contributed by atoms with Crippen molar-refractivity contribution in [3.05, 3.63) is 0 Å². The van der Waals surface area contributed by atoms with Gasteiger partial charge in [-0.25, -0.2) is 18.8 Å². The Morgan fingerprint density at radius 1 is 1.48 bits per heavy atom. The maximum atomic E-state index is 15.9. The van der Waals surface area contributed by atoms with Crippen LogP contribution in [-0.4, -0.2) is 78.7 Å². The van der Waals surface area contributed by atoms with Gasteiger partial charge in [-0.15, -0.1) is 0 Å². The Bertz CT molecular complexity index is 818. The largest absolute Gasteiger partial charge is 0.477 e. The van der Waals surface area contributed by atoms with Gasteiger partial charge < -0.3 is 15.2 Å². The number of nitrogens with zero attached hydrogens (tertiary/aromatic N) is 4. The van der Waals surface area contributed by atoms with Gasteiger partial charge in [-0.1, -0.05) is 0 Å². The van der Waals surface area contributed by atoms with Crippen LogP contribution in [0.4, 0.5) is 4.39 Å². The Morgan fingerprint density at radius 3 is 2.93 bits per heavy atom. The van der Waals surface area contributed by atoms with Gasteiger partial charge in [0.25, 0.3) is 0 Å². The first-order chi connectivity index (χ1) is 13.6. The van der Waals surface area contributed by atoms with E-state index in [1.54, 1.807) is 18.7 Å². The molecule has 4 rings (SSSR count). The third kappa shape index (κ3) is 3.62. The first-order valence-corrected chi connectivity index (χ1v) is 10.9. The minimum atomic E-state index is -3.89. The van der Waals surface area contributed by atoms with Crippen molar-refractivity contribution in [2.24, 2.45) is 20.7 Å². The smallest absolute Gasteiger partial charge is 0.475 e. The van der Waals surface area contributed by atoms with Gasteiger partial charge in [-0.05, 0) is 27.7 Å². The highest BCUT2D eigenvalue weighted by atomic mass is 31.2. The Balaban J connectivity index is 1.56. The number of fused-ring (bicyclic) bond motifs is 2. The SMILES string of the molecule is CCOC1=NC(N)=NC2C1=NCN2[C@@H]1O[C@@H]2CO[P@@](=O)(OC(C)C)O[C@H]2[C@@]1(C)F. The van der Waals surface area contributed by atoms with E-state index in [4.69, 9.17) is 28.8 Å². The van der Waals surface area contributed by atoms with Crippen molar-refractivity contribution in [2.75, 3.05) is 19.9 Å². The highest BCUT2D eigenvalue weighted by Gasteiger charge is 2.64. The van der Waals surface area contributed by atoms with Crippen LogP contribution in [0, 0.1) is 0 Å². The summed E-state index contributed by atoms with van der Waals surface area (Å²) in [5, 5.41) is 0. The van der Waals surface area contributed by atoms with Gasteiger partial charge in [-0.2, -0.15) is 4.99 Å². The number of phosphoric ester groups is 1. The summed E-state index contributed by atoms with van der Waals surface area (Å²) >= 11 is 0. The number of aliphatic imine (C=N–C) groups is 3. The van der Waals surface area contributed by atoms with Crippen LogP contribution in [0.5, 0.6) is 0 Å². The number of nitrogens with two attached hydrogens (primary N) is 1. The van der Waals surface area contributed by atoms with E-state index in [1.165, 1.54) is 6.92 Å². The van der Waals surface area contributed by atoms with E-state index in [9.17, 15) is 4.57 Å². The summed E-state index contributed by atoms with van der Waals surface area (Å²) in [6.07, 6.45) is -4.10. The molecule has 4 heterocycles. The van der Waals surface area contributed by atoms with Gasteiger partial charge in [0, 0.05) is 0 Å². The van der Waals surface area contributed by atoms with E-state index in [-0.39, 0.29) is 25.1 Å². The summed E-state index contributed by atoms with van der Waals surface area (Å²) in [6.45, 7) is 6.88. The van der Waals surface area contributed by atoms with Gasteiger partial charge in [-0.3, -0.25) is 18.6 Å². The second-order valence-electron chi connectivity index (χ2n) is 7.51. The predicted molar refractivity (Wildman–Crippen MR) is 101 cm³/mol. The average molecular weight is 433 g/mol. The standard InChI is InChI=1S/C16H25FN5O6P/c1-5-24-13-10-12(20-15(18)21-13)22(7-19-10)14-16(4,17)11-9(26-14)6-25-29(23,28-11)27-8(2)3/h8-9,11-12,14H,5-7H2,1-4H3,(H2,18,20)/t9-,11-,12?,14-,16-,29+/m1/s1. The van der Waals surface area contributed by atoms with Crippen LogP contribution < -0.4 is 5.73 Å². The van der Waals surface area contributed by atoms with Crippen LogP contribution >= 0.6 is 7.82 Å². The van der Waals surface area contributed by atoms with Crippen molar-refractivity contribution in [1.82, 2.24) is 4.90 Å². The monoisotopic (exact) mass is 433 g/mol. The van der Waals surface area contributed by atoms with Gasteiger partial charge in [0.2, 0.25) is 11.9 Å². The zero-order valence-electron chi connectivity index (χ0n) is 16.6. The molecule has 162 valence electrons. The van der Waals surface area contributed by atoms with Crippen molar-refractivity contribution < 1.29 is 32.0 Å². The summed E-state index contributed by atoms with van der Waals surface area (Å²) in [5.41, 5.74) is 4.22. The summed E-state index contributed by atoms with van der Waals surface area (Å²) in [4.78, 5) is 14.3. The molecule has 6 atom stereocenters. The minimum absolute atomic E-state index is 0.00897. The first kappa shape index (κ1) is 20.8. The Kier molecular flexibility index (Phi) is 5.29. The maximum Gasteiger partial charge on any atom is 0.475 e. The first-order valence-electron chi connectivity index (χ1n) is 9.45. The molecule has 0 aromatic carbocycles. The summed E-state index contributed by atoms with van der Waals surface area (Å²) < 4.78 is 56.0.